The summed E-state index contributed by atoms with van der Waals surface area (Å²) in [6, 6.07) is -0.0229. The Morgan fingerprint density at radius 1 is 1.42 bits per heavy atom. The first kappa shape index (κ1) is 9.52. The van der Waals surface area contributed by atoms with Gasteiger partial charge in [-0.05, 0) is 32.4 Å². The molecule has 70 valence electrons. The molecule has 0 radical (unpaired) electrons. The third kappa shape index (κ3) is 2.21. The van der Waals surface area contributed by atoms with E-state index in [-0.39, 0.29) is 11.9 Å². The molecule has 0 aliphatic carbocycles. The van der Waals surface area contributed by atoms with Crippen molar-refractivity contribution in [3.8, 4) is 0 Å². The number of primary amides is 1. The molecular weight excluding hydrogens is 152 g/mol. The summed E-state index contributed by atoms with van der Waals surface area (Å²) in [4.78, 5) is 13.2. The van der Waals surface area contributed by atoms with Crippen LogP contribution in [0.25, 0.3) is 0 Å². The van der Waals surface area contributed by atoms with Crippen LogP contribution in [0, 0.1) is 0 Å². The largest absolute Gasteiger partial charge is 0.368 e. The van der Waals surface area contributed by atoms with Gasteiger partial charge < -0.3 is 5.73 Å². The Morgan fingerprint density at radius 2 is 2.00 bits per heavy atom. The van der Waals surface area contributed by atoms with E-state index in [1.807, 2.05) is 6.92 Å². The Kier molecular flexibility index (Phi) is 3.53. The summed E-state index contributed by atoms with van der Waals surface area (Å²) in [7, 11) is 0. The molecule has 0 aromatic rings. The molecule has 1 heterocycles. The predicted molar refractivity (Wildman–Crippen MR) is 48.7 cm³/mol. The maximum atomic E-state index is 11.0. The molecule has 0 saturated carbocycles. The average Bonchev–Trinajstić information content (AvgIpc) is 2.07. The van der Waals surface area contributed by atoms with E-state index in [1.54, 1.807) is 0 Å². The van der Waals surface area contributed by atoms with Gasteiger partial charge in [-0.25, -0.2) is 0 Å². The third-order valence-electron chi connectivity index (χ3n) is 2.55. The molecule has 0 bridgehead atoms. The standard InChI is InChI=1S/C9H18N2O/c1-2-8(9(10)12)11-6-4-3-5-7-11/h8H,2-7H2,1H3,(H2,10,12). The van der Waals surface area contributed by atoms with Crippen LogP contribution in [-0.2, 0) is 4.79 Å². The summed E-state index contributed by atoms with van der Waals surface area (Å²) in [6.07, 6.45) is 4.56. The number of nitrogens with zero attached hydrogens (tertiary/aromatic N) is 1. The highest BCUT2D eigenvalue weighted by atomic mass is 16.1. The van der Waals surface area contributed by atoms with Crippen molar-refractivity contribution >= 4 is 5.91 Å². The SMILES string of the molecule is CCC(C(N)=O)N1CCCCC1. The Balaban J connectivity index is 2.46. The number of rotatable bonds is 3. The van der Waals surface area contributed by atoms with E-state index in [2.05, 4.69) is 4.90 Å². The number of piperidine rings is 1. The molecule has 3 heteroatoms. The number of likely N-dealkylation sites (tertiary alicyclic amines) is 1. The minimum absolute atomic E-state index is 0.0229. The van der Waals surface area contributed by atoms with Crippen molar-refractivity contribution < 1.29 is 4.79 Å². The van der Waals surface area contributed by atoms with Crippen molar-refractivity contribution in [2.45, 2.75) is 38.6 Å². The summed E-state index contributed by atoms with van der Waals surface area (Å²) in [5, 5.41) is 0. The molecule has 0 aromatic heterocycles. The monoisotopic (exact) mass is 170 g/mol. The second-order valence-electron chi connectivity index (χ2n) is 3.42. The molecule has 1 amide bonds. The van der Waals surface area contributed by atoms with Gasteiger partial charge in [-0.1, -0.05) is 13.3 Å². The van der Waals surface area contributed by atoms with Crippen LogP contribution >= 0.6 is 0 Å². The normalized spacial score (nSPS) is 22.1. The van der Waals surface area contributed by atoms with E-state index in [0.717, 1.165) is 19.5 Å². The minimum Gasteiger partial charge on any atom is -0.368 e. The van der Waals surface area contributed by atoms with E-state index in [9.17, 15) is 4.79 Å². The molecule has 1 atom stereocenters. The molecule has 12 heavy (non-hydrogen) atoms. The lowest BCUT2D eigenvalue weighted by atomic mass is 10.1. The summed E-state index contributed by atoms with van der Waals surface area (Å²) in [5.41, 5.74) is 5.30. The summed E-state index contributed by atoms with van der Waals surface area (Å²) in [5.74, 6) is -0.167. The predicted octanol–water partition coefficient (Wildman–Crippen LogP) is 0.736. The van der Waals surface area contributed by atoms with Gasteiger partial charge in [-0.3, -0.25) is 9.69 Å². The van der Waals surface area contributed by atoms with Crippen LogP contribution in [0.4, 0.5) is 0 Å². The van der Waals surface area contributed by atoms with Crippen molar-refractivity contribution in [3.63, 3.8) is 0 Å². The quantitative estimate of drug-likeness (QED) is 0.679. The van der Waals surface area contributed by atoms with E-state index >= 15 is 0 Å². The average molecular weight is 170 g/mol. The van der Waals surface area contributed by atoms with Crippen LogP contribution in [-0.4, -0.2) is 29.9 Å². The van der Waals surface area contributed by atoms with Crippen LogP contribution < -0.4 is 5.73 Å². The molecule has 3 nitrogen and oxygen atoms in total. The first-order valence-electron chi connectivity index (χ1n) is 4.79. The van der Waals surface area contributed by atoms with Gasteiger partial charge in [0.15, 0.2) is 0 Å². The zero-order chi connectivity index (χ0) is 8.97. The zero-order valence-electron chi connectivity index (χ0n) is 7.75. The second-order valence-corrected chi connectivity index (χ2v) is 3.42. The number of carbonyl (C=O) groups excluding carboxylic acids is 1. The van der Waals surface area contributed by atoms with Gasteiger partial charge in [0.05, 0.1) is 6.04 Å². The van der Waals surface area contributed by atoms with Gasteiger partial charge in [0.25, 0.3) is 0 Å². The van der Waals surface area contributed by atoms with Crippen LogP contribution in [0.1, 0.15) is 32.6 Å². The first-order chi connectivity index (χ1) is 5.75. The highest BCUT2D eigenvalue weighted by molar-refractivity contribution is 5.79. The van der Waals surface area contributed by atoms with Crippen LogP contribution in [0.15, 0.2) is 0 Å². The molecule has 1 unspecified atom stereocenters. The van der Waals surface area contributed by atoms with Crippen LogP contribution in [0.3, 0.4) is 0 Å². The number of amides is 1. The molecule has 1 fully saturated rings. The van der Waals surface area contributed by atoms with E-state index in [1.165, 1.54) is 19.3 Å². The van der Waals surface area contributed by atoms with Crippen molar-refractivity contribution in [1.82, 2.24) is 4.90 Å². The van der Waals surface area contributed by atoms with Gasteiger partial charge in [0, 0.05) is 0 Å². The van der Waals surface area contributed by atoms with E-state index in [4.69, 9.17) is 5.73 Å². The molecule has 1 aliphatic heterocycles. The van der Waals surface area contributed by atoms with Gasteiger partial charge in [-0.2, -0.15) is 0 Å². The Hall–Kier alpha value is -0.570. The van der Waals surface area contributed by atoms with E-state index in [0.29, 0.717) is 0 Å². The molecule has 0 aromatic carbocycles. The van der Waals surface area contributed by atoms with E-state index < -0.39 is 0 Å². The number of nitrogens with two attached hydrogens (primary N) is 1. The van der Waals surface area contributed by atoms with Gasteiger partial charge in [0.1, 0.15) is 0 Å². The van der Waals surface area contributed by atoms with Crippen molar-refractivity contribution in [2.24, 2.45) is 5.73 Å². The lowest BCUT2D eigenvalue weighted by Gasteiger charge is -2.31. The Morgan fingerprint density at radius 3 is 2.42 bits per heavy atom. The Bertz CT molecular complexity index is 153. The highest BCUT2D eigenvalue weighted by Crippen LogP contribution is 2.13. The molecule has 0 spiro atoms. The van der Waals surface area contributed by atoms with Crippen LogP contribution in [0.2, 0.25) is 0 Å². The topological polar surface area (TPSA) is 46.3 Å². The smallest absolute Gasteiger partial charge is 0.234 e. The first-order valence-corrected chi connectivity index (χ1v) is 4.79. The molecule has 1 rings (SSSR count). The second kappa shape index (κ2) is 4.45. The lowest BCUT2D eigenvalue weighted by Crippen LogP contribution is -2.46. The summed E-state index contributed by atoms with van der Waals surface area (Å²) < 4.78 is 0. The molecule has 1 saturated heterocycles. The fourth-order valence-electron chi connectivity index (χ4n) is 1.87. The van der Waals surface area contributed by atoms with Crippen molar-refractivity contribution in [3.05, 3.63) is 0 Å². The summed E-state index contributed by atoms with van der Waals surface area (Å²) >= 11 is 0. The zero-order valence-corrected chi connectivity index (χ0v) is 7.75. The molecule has 1 aliphatic rings. The fourth-order valence-corrected chi connectivity index (χ4v) is 1.87. The number of hydrogen-bond donors (Lipinski definition) is 1. The maximum absolute atomic E-state index is 11.0. The van der Waals surface area contributed by atoms with Gasteiger partial charge in [-0.15, -0.1) is 0 Å². The van der Waals surface area contributed by atoms with Crippen molar-refractivity contribution in [1.29, 1.82) is 0 Å². The minimum atomic E-state index is -0.167. The molecular formula is C9H18N2O. The van der Waals surface area contributed by atoms with Crippen molar-refractivity contribution in [2.75, 3.05) is 13.1 Å². The highest BCUT2D eigenvalue weighted by Gasteiger charge is 2.22. The lowest BCUT2D eigenvalue weighted by molar-refractivity contribution is -0.123. The van der Waals surface area contributed by atoms with Gasteiger partial charge >= 0.3 is 0 Å². The number of carbonyl (C=O) groups is 1. The van der Waals surface area contributed by atoms with Gasteiger partial charge in [0.2, 0.25) is 5.91 Å². The maximum Gasteiger partial charge on any atom is 0.234 e. The Labute approximate surface area is 73.9 Å². The number of hydrogen-bond acceptors (Lipinski definition) is 2. The van der Waals surface area contributed by atoms with Crippen LogP contribution in [0.5, 0.6) is 0 Å². The summed E-state index contributed by atoms with van der Waals surface area (Å²) in [6.45, 7) is 4.10. The fraction of sp³-hybridized carbons (Fsp3) is 0.889. The molecule has 2 N–H and O–H groups in total. The third-order valence-corrected chi connectivity index (χ3v) is 2.55.